The topological polar surface area (TPSA) is 34.6 Å². The molecule has 0 bridgehead atoms. The van der Waals surface area contributed by atoms with Gasteiger partial charge in [0.05, 0.1) is 23.4 Å². The molecular weight excluding hydrogens is 260 g/mol. The number of ether oxygens (including phenoxy) is 2. The van der Waals surface area contributed by atoms with Gasteiger partial charge in [-0.3, -0.25) is 4.90 Å². The highest BCUT2D eigenvalue weighted by atomic mass is 32.1. The molecule has 2 aliphatic rings. The summed E-state index contributed by atoms with van der Waals surface area (Å²) in [6.45, 7) is 4.79. The molecule has 0 aliphatic carbocycles. The maximum atomic E-state index is 5.77. The maximum Gasteiger partial charge on any atom is 0.0795 e. The molecule has 0 saturated carbocycles. The monoisotopic (exact) mass is 282 g/mol. The van der Waals surface area contributed by atoms with Crippen molar-refractivity contribution in [3.8, 4) is 0 Å². The summed E-state index contributed by atoms with van der Waals surface area (Å²) in [5, 5.41) is 2.14. The second kappa shape index (κ2) is 6.79. The van der Waals surface area contributed by atoms with E-state index in [2.05, 4.69) is 15.3 Å². The van der Waals surface area contributed by atoms with E-state index in [-0.39, 0.29) is 0 Å². The standard InChI is InChI=1S/C14H22N2O2S/c1-3-13(17-5-1)8-16(7-12-10-19-11-15-12)9-14-4-2-6-18-14/h10-11,13-14H,1-9H2/t13-,14-/m1/s1. The molecule has 0 aromatic carbocycles. The smallest absolute Gasteiger partial charge is 0.0795 e. The highest BCUT2D eigenvalue weighted by Crippen LogP contribution is 2.18. The number of hydrogen-bond donors (Lipinski definition) is 0. The fourth-order valence-electron chi connectivity index (χ4n) is 2.90. The largest absolute Gasteiger partial charge is 0.377 e. The molecule has 1 aromatic heterocycles. The second-order valence-corrected chi connectivity index (χ2v) is 6.16. The lowest BCUT2D eigenvalue weighted by Gasteiger charge is -2.26. The van der Waals surface area contributed by atoms with E-state index in [1.54, 1.807) is 11.3 Å². The van der Waals surface area contributed by atoms with Crippen LogP contribution in [0.4, 0.5) is 0 Å². The van der Waals surface area contributed by atoms with Crippen LogP contribution in [-0.2, 0) is 16.0 Å². The van der Waals surface area contributed by atoms with E-state index in [0.717, 1.165) is 32.8 Å². The molecule has 19 heavy (non-hydrogen) atoms. The van der Waals surface area contributed by atoms with E-state index in [0.29, 0.717) is 12.2 Å². The number of hydrogen-bond acceptors (Lipinski definition) is 5. The van der Waals surface area contributed by atoms with Crippen LogP contribution in [0.3, 0.4) is 0 Å². The zero-order valence-electron chi connectivity index (χ0n) is 11.3. The molecule has 4 nitrogen and oxygen atoms in total. The number of thiazole rings is 1. The van der Waals surface area contributed by atoms with Gasteiger partial charge in [0.25, 0.3) is 0 Å². The van der Waals surface area contributed by atoms with Crippen molar-refractivity contribution >= 4 is 11.3 Å². The molecule has 0 radical (unpaired) electrons. The van der Waals surface area contributed by atoms with Crippen molar-refractivity contribution in [2.75, 3.05) is 26.3 Å². The molecule has 5 heteroatoms. The Hall–Kier alpha value is -0.490. The van der Waals surface area contributed by atoms with Crippen molar-refractivity contribution in [2.24, 2.45) is 0 Å². The predicted molar refractivity (Wildman–Crippen MR) is 75.3 cm³/mol. The SMILES string of the molecule is c1nc(CN(C[C@H]2CCCO2)C[C@H]2CCCO2)cs1. The van der Waals surface area contributed by atoms with Crippen molar-refractivity contribution in [3.63, 3.8) is 0 Å². The number of aromatic nitrogens is 1. The van der Waals surface area contributed by atoms with Crippen LogP contribution in [0.2, 0.25) is 0 Å². The second-order valence-electron chi connectivity index (χ2n) is 5.44. The first-order chi connectivity index (χ1) is 9.40. The fraction of sp³-hybridized carbons (Fsp3) is 0.786. The molecule has 106 valence electrons. The van der Waals surface area contributed by atoms with Gasteiger partial charge in [0.2, 0.25) is 0 Å². The predicted octanol–water partition coefficient (Wildman–Crippen LogP) is 2.30. The van der Waals surface area contributed by atoms with Gasteiger partial charge in [0, 0.05) is 38.2 Å². The molecule has 2 fully saturated rings. The molecule has 0 N–H and O–H groups in total. The van der Waals surface area contributed by atoms with Gasteiger partial charge in [-0.15, -0.1) is 11.3 Å². The minimum absolute atomic E-state index is 0.403. The third-order valence-corrected chi connectivity index (χ3v) is 4.48. The van der Waals surface area contributed by atoms with E-state index in [1.165, 1.54) is 31.4 Å². The lowest BCUT2D eigenvalue weighted by atomic mass is 10.2. The van der Waals surface area contributed by atoms with E-state index >= 15 is 0 Å². The van der Waals surface area contributed by atoms with Crippen LogP contribution in [0.5, 0.6) is 0 Å². The Labute approximate surface area is 118 Å². The average molecular weight is 282 g/mol. The first-order valence-electron chi connectivity index (χ1n) is 7.23. The van der Waals surface area contributed by atoms with E-state index in [1.807, 2.05) is 5.51 Å². The maximum absolute atomic E-state index is 5.77. The highest BCUT2D eigenvalue weighted by Gasteiger charge is 2.24. The molecule has 0 amide bonds. The Morgan fingerprint density at radius 2 is 1.84 bits per heavy atom. The zero-order valence-corrected chi connectivity index (χ0v) is 12.1. The molecule has 2 saturated heterocycles. The molecule has 0 spiro atoms. The van der Waals surface area contributed by atoms with Gasteiger partial charge in [0.15, 0.2) is 0 Å². The number of nitrogens with zero attached hydrogens (tertiary/aromatic N) is 2. The van der Waals surface area contributed by atoms with Gasteiger partial charge in [-0.1, -0.05) is 0 Å². The lowest BCUT2D eigenvalue weighted by molar-refractivity contribution is 0.0342. The quantitative estimate of drug-likeness (QED) is 0.802. The minimum atomic E-state index is 0.403. The van der Waals surface area contributed by atoms with Gasteiger partial charge in [-0.05, 0) is 25.7 Å². The van der Waals surface area contributed by atoms with E-state index < -0.39 is 0 Å². The summed E-state index contributed by atoms with van der Waals surface area (Å²) in [4.78, 5) is 6.86. The van der Waals surface area contributed by atoms with Crippen LogP contribution in [0.1, 0.15) is 31.4 Å². The summed E-state index contributed by atoms with van der Waals surface area (Å²) in [6.07, 6.45) is 5.60. The summed E-state index contributed by atoms with van der Waals surface area (Å²) >= 11 is 1.67. The van der Waals surface area contributed by atoms with Gasteiger partial charge in [-0.25, -0.2) is 4.98 Å². The van der Waals surface area contributed by atoms with Gasteiger partial charge >= 0.3 is 0 Å². The molecule has 2 aliphatic heterocycles. The molecule has 2 atom stereocenters. The molecular formula is C14H22N2O2S. The molecule has 1 aromatic rings. The molecule has 3 rings (SSSR count). The normalized spacial score (nSPS) is 27.4. The molecule has 3 heterocycles. The van der Waals surface area contributed by atoms with Crippen LogP contribution < -0.4 is 0 Å². The van der Waals surface area contributed by atoms with Crippen molar-refractivity contribution in [1.82, 2.24) is 9.88 Å². The Balaban J connectivity index is 1.56. The summed E-state index contributed by atoms with van der Waals surface area (Å²) in [5.41, 5.74) is 3.08. The third-order valence-electron chi connectivity index (χ3n) is 3.84. The van der Waals surface area contributed by atoms with E-state index in [9.17, 15) is 0 Å². The van der Waals surface area contributed by atoms with Crippen LogP contribution >= 0.6 is 11.3 Å². The Bertz CT molecular complexity index is 342. The van der Waals surface area contributed by atoms with Crippen LogP contribution in [0.25, 0.3) is 0 Å². The summed E-state index contributed by atoms with van der Waals surface area (Å²) in [7, 11) is 0. The van der Waals surface area contributed by atoms with Gasteiger partial charge in [0.1, 0.15) is 0 Å². The lowest BCUT2D eigenvalue weighted by Crippen LogP contribution is -2.37. The Morgan fingerprint density at radius 1 is 1.16 bits per heavy atom. The Kier molecular flexibility index (Phi) is 4.82. The van der Waals surface area contributed by atoms with Gasteiger partial charge in [-0.2, -0.15) is 0 Å². The summed E-state index contributed by atoms with van der Waals surface area (Å²) in [6, 6.07) is 0. The summed E-state index contributed by atoms with van der Waals surface area (Å²) in [5.74, 6) is 0. The van der Waals surface area contributed by atoms with Crippen molar-refractivity contribution in [2.45, 2.75) is 44.4 Å². The zero-order chi connectivity index (χ0) is 12.9. The number of rotatable bonds is 6. The first-order valence-corrected chi connectivity index (χ1v) is 8.17. The van der Waals surface area contributed by atoms with Crippen LogP contribution in [-0.4, -0.2) is 48.4 Å². The third kappa shape index (κ3) is 3.99. The highest BCUT2D eigenvalue weighted by molar-refractivity contribution is 7.07. The van der Waals surface area contributed by atoms with Crippen molar-refractivity contribution < 1.29 is 9.47 Å². The van der Waals surface area contributed by atoms with Crippen molar-refractivity contribution in [1.29, 1.82) is 0 Å². The minimum Gasteiger partial charge on any atom is -0.377 e. The van der Waals surface area contributed by atoms with E-state index in [4.69, 9.17) is 9.47 Å². The summed E-state index contributed by atoms with van der Waals surface area (Å²) < 4.78 is 11.5. The first kappa shape index (κ1) is 13.5. The molecule has 0 unspecified atom stereocenters. The van der Waals surface area contributed by atoms with Gasteiger partial charge < -0.3 is 9.47 Å². The van der Waals surface area contributed by atoms with Crippen LogP contribution in [0, 0.1) is 0 Å². The average Bonchev–Trinajstić information content (AvgIpc) is 3.10. The fourth-order valence-corrected chi connectivity index (χ4v) is 3.45. The Morgan fingerprint density at radius 3 is 2.32 bits per heavy atom. The van der Waals surface area contributed by atoms with Crippen LogP contribution in [0.15, 0.2) is 10.9 Å². The van der Waals surface area contributed by atoms with Crippen molar-refractivity contribution in [3.05, 3.63) is 16.6 Å².